The van der Waals surface area contributed by atoms with E-state index in [1.54, 1.807) is 12.1 Å². The molecule has 0 spiro atoms. The average Bonchev–Trinajstić information content (AvgIpc) is 3.00. The predicted molar refractivity (Wildman–Crippen MR) is 85.0 cm³/mol. The maximum Gasteiger partial charge on any atom is 0.226 e. The third-order valence-corrected chi connectivity index (χ3v) is 4.19. The number of rotatable bonds is 2. The fourth-order valence-electron chi connectivity index (χ4n) is 3.06. The van der Waals surface area contributed by atoms with Crippen molar-refractivity contribution in [3.8, 4) is 5.69 Å². The number of anilines is 1. The van der Waals surface area contributed by atoms with Crippen LogP contribution in [0.5, 0.6) is 0 Å². The molecular formula is C18H12F3N3O. The highest BCUT2D eigenvalue weighted by atomic mass is 19.1. The Morgan fingerprint density at radius 2 is 1.88 bits per heavy atom. The zero-order chi connectivity index (χ0) is 17.6. The van der Waals surface area contributed by atoms with Gasteiger partial charge in [-0.3, -0.25) is 9.36 Å². The first-order valence-corrected chi connectivity index (χ1v) is 7.61. The van der Waals surface area contributed by atoms with Crippen LogP contribution in [-0.2, 0) is 4.79 Å². The Morgan fingerprint density at radius 1 is 1.08 bits per heavy atom. The van der Waals surface area contributed by atoms with Gasteiger partial charge in [0.15, 0.2) is 0 Å². The molecule has 1 aliphatic heterocycles. The van der Waals surface area contributed by atoms with E-state index in [0.717, 1.165) is 18.2 Å². The third-order valence-electron chi connectivity index (χ3n) is 4.19. The van der Waals surface area contributed by atoms with Gasteiger partial charge >= 0.3 is 0 Å². The molecule has 0 unspecified atom stereocenters. The molecule has 2 aromatic carbocycles. The smallest absolute Gasteiger partial charge is 0.226 e. The topological polar surface area (TPSA) is 46.9 Å². The van der Waals surface area contributed by atoms with Crippen LogP contribution in [0.1, 0.15) is 23.6 Å². The van der Waals surface area contributed by atoms with Gasteiger partial charge in [-0.2, -0.15) is 0 Å². The van der Waals surface area contributed by atoms with Crippen LogP contribution in [0.3, 0.4) is 0 Å². The van der Waals surface area contributed by atoms with Gasteiger partial charge in [-0.1, -0.05) is 12.1 Å². The van der Waals surface area contributed by atoms with E-state index < -0.39 is 23.4 Å². The first-order valence-electron chi connectivity index (χ1n) is 7.61. The number of carbonyl (C=O) groups is 1. The number of nitrogens with one attached hydrogen (secondary N) is 1. The quantitative estimate of drug-likeness (QED) is 0.770. The van der Waals surface area contributed by atoms with E-state index in [0.29, 0.717) is 11.3 Å². The van der Waals surface area contributed by atoms with Crippen molar-refractivity contribution in [3.05, 3.63) is 77.5 Å². The molecule has 1 aliphatic rings. The Hall–Kier alpha value is -3.09. The van der Waals surface area contributed by atoms with Gasteiger partial charge < -0.3 is 5.32 Å². The molecule has 1 aromatic heterocycles. The molecule has 0 fully saturated rings. The maximum absolute atomic E-state index is 14.1. The molecule has 2 heterocycles. The van der Waals surface area contributed by atoms with Crippen molar-refractivity contribution in [1.82, 2.24) is 9.55 Å². The first-order chi connectivity index (χ1) is 12.0. The van der Waals surface area contributed by atoms with Crippen LogP contribution in [0.25, 0.3) is 5.69 Å². The minimum atomic E-state index is -0.649. The first kappa shape index (κ1) is 15.4. The van der Waals surface area contributed by atoms with Crippen molar-refractivity contribution in [2.45, 2.75) is 12.3 Å². The van der Waals surface area contributed by atoms with Gasteiger partial charge in [0.1, 0.15) is 29.6 Å². The molecule has 0 aliphatic carbocycles. The fraction of sp³-hybridized carbons (Fsp3) is 0.111. The summed E-state index contributed by atoms with van der Waals surface area (Å²) in [6.07, 6.45) is 1.42. The van der Waals surface area contributed by atoms with Gasteiger partial charge in [0.05, 0.1) is 11.4 Å². The summed E-state index contributed by atoms with van der Waals surface area (Å²) in [5.74, 6) is -2.18. The summed E-state index contributed by atoms with van der Waals surface area (Å²) >= 11 is 0. The number of amides is 1. The SMILES string of the molecule is O=C1C[C@@H](c2cccc(F)c2)c2ncn(-c3cc(F)ccc3F)c2N1. The Bertz CT molecular complexity index is 983. The summed E-state index contributed by atoms with van der Waals surface area (Å²) < 4.78 is 42.4. The molecule has 1 amide bonds. The Morgan fingerprint density at radius 3 is 2.68 bits per heavy atom. The molecule has 126 valence electrons. The van der Waals surface area contributed by atoms with Crippen LogP contribution in [0.4, 0.5) is 19.0 Å². The molecule has 4 nitrogen and oxygen atoms in total. The van der Waals surface area contributed by atoms with E-state index in [9.17, 15) is 18.0 Å². The number of carbonyl (C=O) groups excluding carboxylic acids is 1. The lowest BCUT2D eigenvalue weighted by molar-refractivity contribution is -0.116. The van der Waals surface area contributed by atoms with Crippen molar-refractivity contribution >= 4 is 11.7 Å². The van der Waals surface area contributed by atoms with Gasteiger partial charge in [-0.25, -0.2) is 18.2 Å². The summed E-state index contributed by atoms with van der Waals surface area (Å²) in [5.41, 5.74) is 1.02. The van der Waals surface area contributed by atoms with Crippen molar-refractivity contribution in [2.75, 3.05) is 5.32 Å². The van der Waals surface area contributed by atoms with Crippen molar-refractivity contribution in [1.29, 1.82) is 0 Å². The van der Waals surface area contributed by atoms with Crippen molar-refractivity contribution < 1.29 is 18.0 Å². The summed E-state index contributed by atoms with van der Waals surface area (Å²) in [4.78, 5) is 16.4. The third kappa shape index (κ3) is 2.67. The Balaban J connectivity index is 1.86. The van der Waals surface area contributed by atoms with Crippen LogP contribution < -0.4 is 5.32 Å². The number of fused-ring (bicyclic) bond motifs is 1. The highest BCUT2D eigenvalue weighted by molar-refractivity contribution is 5.94. The lowest BCUT2D eigenvalue weighted by Crippen LogP contribution is -2.25. The maximum atomic E-state index is 14.1. The fourth-order valence-corrected chi connectivity index (χ4v) is 3.06. The monoisotopic (exact) mass is 343 g/mol. The van der Waals surface area contributed by atoms with Crippen LogP contribution in [0, 0.1) is 17.5 Å². The molecule has 4 rings (SSSR count). The van der Waals surface area contributed by atoms with Crippen LogP contribution in [0.15, 0.2) is 48.8 Å². The summed E-state index contributed by atoms with van der Waals surface area (Å²) in [6, 6.07) is 8.96. The zero-order valence-corrected chi connectivity index (χ0v) is 12.8. The van der Waals surface area contributed by atoms with E-state index >= 15 is 0 Å². The number of halogens is 3. The zero-order valence-electron chi connectivity index (χ0n) is 12.8. The minimum absolute atomic E-state index is 0.0612. The van der Waals surface area contributed by atoms with E-state index in [1.165, 1.54) is 23.0 Å². The van der Waals surface area contributed by atoms with E-state index in [4.69, 9.17) is 0 Å². The Labute approximate surface area is 140 Å². The molecular weight excluding hydrogens is 331 g/mol. The van der Waals surface area contributed by atoms with Crippen LogP contribution in [-0.4, -0.2) is 15.5 Å². The molecule has 0 radical (unpaired) electrons. The summed E-state index contributed by atoms with van der Waals surface area (Å²) in [6.45, 7) is 0. The van der Waals surface area contributed by atoms with E-state index in [1.807, 2.05) is 0 Å². The molecule has 0 saturated carbocycles. The van der Waals surface area contributed by atoms with Gasteiger partial charge in [0, 0.05) is 18.4 Å². The highest BCUT2D eigenvalue weighted by Gasteiger charge is 2.31. The van der Waals surface area contributed by atoms with Crippen molar-refractivity contribution in [2.24, 2.45) is 0 Å². The second kappa shape index (κ2) is 5.77. The van der Waals surface area contributed by atoms with Gasteiger partial charge in [-0.15, -0.1) is 0 Å². The van der Waals surface area contributed by atoms with Gasteiger partial charge in [0.2, 0.25) is 5.91 Å². The lowest BCUT2D eigenvalue weighted by atomic mass is 9.90. The van der Waals surface area contributed by atoms with Crippen molar-refractivity contribution in [3.63, 3.8) is 0 Å². The molecule has 1 N–H and O–H groups in total. The number of hydrogen-bond donors (Lipinski definition) is 1. The molecule has 7 heteroatoms. The summed E-state index contributed by atoms with van der Waals surface area (Å²) in [7, 11) is 0. The molecule has 1 atom stereocenters. The molecule has 25 heavy (non-hydrogen) atoms. The number of aromatic nitrogens is 2. The molecule has 0 saturated heterocycles. The minimum Gasteiger partial charge on any atom is -0.310 e. The normalized spacial score (nSPS) is 16.4. The number of imidazole rings is 1. The number of hydrogen-bond acceptors (Lipinski definition) is 2. The number of benzene rings is 2. The number of nitrogens with zero attached hydrogens (tertiary/aromatic N) is 2. The second-order valence-corrected chi connectivity index (χ2v) is 5.80. The average molecular weight is 343 g/mol. The van der Waals surface area contributed by atoms with Gasteiger partial charge in [-0.05, 0) is 29.8 Å². The Kier molecular flexibility index (Phi) is 3.56. The van der Waals surface area contributed by atoms with E-state index in [-0.39, 0.29) is 23.8 Å². The standard InChI is InChI=1S/C18H12F3N3O/c19-11-3-1-2-10(6-11)13-8-16(25)23-18-17(13)22-9-24(18)15-7-12(20)4-5-14(15)21/h1-7,9,13H,8H2,(H,23,25)/t13-/m0/s1. The second-order valence-electron chi connectivity index (χ2n) is 5.80. The molecule has 3 aromatic rings. The van der Waals surface area contributed by atoms with Gasteiger partial charge in [0.25, 0.3) is 0 Å². The van der Waals surface area contributed by atoms with Crippen LogP contribution in [0.2, 0.25) is 0 Å². The molecule has 0 bridgehead atoms. The highest BCUT2D eigenvalue weighted by Crippen LogP contribution is 2.37. The van der Waals surface area contributed by atoms with E-state index in [2.05, 4.69) is 10.3 Å². The predicted octanol–water partition coefficient (Wildman–Crippen LogP) is 3.76. The van der Waals surface area contributed by atoms with Crippen LogP contribution >= 0.6 is 0 Å². The lowest BCUT2D eigenvalue weighted by Gasteiger charge is -2.23. The largest absolute Gasteiger partial charge is 0.310 e. The summed E-state index contributed by atoms with van der Waals surface area (Å²) in [5, 5.41) is 2.65.